The highest BCUT2D eigenvalue weighted by Gasteiger charge is 2.12. The number of halogens is 2. The van der Waals surface area contributed by atoms with Crippen molar-refractivity contribution in [2.45, 2.75) is 6.42 Å². The Morgan fingerprint density at radius 3 is 2.71 bits per heavy atom. The van der Waals surface area contributed by atoms with Gasteiger partial charge in [0.25, 0.3) is 0 Å². The van der Waals surface area contributed by atoms with Crippen LogP contribution < -0.4 is 5.32 Å². The summed E-state index contributed by atoms with van der Waals surface area (Å²) >= 11 is 0. The van der Waals surface area contributed by atoms with Gasteiger partial charge in [-0.3, -0.25) is 0 Å². The van der Waals surface area contributed by atoms with Crippen LogP contribution in [-0.4, -0.2) is 6.54 Å². The van der Waals surface area contributed by atoms with Crippen LogP contribution in [0.5, 0.6) is 0 Å². The molecule has 0 aliphatic carbocycles. The van der Waals surface area contributed by atoms with Gasteiger partial charge in [-0.15, -0.1) is 0 Å². The number of hydrogen-bond acceptors (Lipinski definition) is 1. The fourth-order valence-corrected chi connectivity index (χ4v) is 2.20. The summed E-state index contributed by atoms with van der Waals surface area (Å²) in [6.07, 6.45) is 0.950. The van der Waals surface area contributed by atoms with Gasteiger partial charge < -0.3 is 5.32 Å². The van der Waals surface area contributed by atoms with Gasteiger partial charge in [-0.25, -0.2) is 8.78 Å². The second-order valence-electron chi connectivity index (χ2n) is 4.17. The molecular formula is C14H11F2N. The summed E-state index contributed by atoms with van der Waals surface area (Å²) in [5, 5.41) is 3.25. The van der Waals surface area contributed by atoms with Crippen LogP contribution in [0.2, 0.25) is 0 Å². The Hall–Kier alpha value is -1.90. The van der Waals surface area contributed by atoms with Gasteiger partial charge in [0.05, 0.1) is 0 Å². The fraction of sp³-hybridized carbons (Fsp3) is 0.143. The molecule has 0 spiro atoms. The summed E-state index contributed by atoms with van der Waals surface area (Å²) in [5.74, 6) is -1.06. The quantitative estimate of drug-likeness (QED) is 0.790. The molecule has 0 atom stereocenters. The van der Waals surface area contributed by atoms with E-state index in [4.69, 9.17) is 0 Å². The van der Waals surface area contributed by atoms with E-state index in [9.17, 15) is 8.78 Å². The number of anilines is 1. The summed E-state index contributed by atoms with van der Waals surface area (Å²) in [6, 6.07) is 9.44. The van der Waals surface area contributed by atoms with Crippen LogP contribution in [0.3, 0.4) is 0 Å². The number of nitrogens with one attached hydrogen (secondary N) is 1. The smallest absolute Gasteiger partial charge is 0.133 e. The molecule has 0 unspecified atom stereocenters. The molecule has 1 nitrogen and oxygen atoms in total. The van der Waals surface area contributed by atoms with E-state index in [2.05, 4.69) is 5.32 Å². The predicted molar refractivity (Wildman–Crippen MR) is 64.0 cm³/mol. The first-order valence-electron chi connectivity index (χ1n) is 5.56. The van der Waals surface area contributed by atoms with Crippen LogP contribution >= 0.6 is 0 Å². The van der Waals surface area contributed by atoms with E-state index in [0.717, 1.165) is 30.3 Å². The van der Waals surface area contributed by atoms with Gasteiger partial charge in [0.15, 0.2) is 0 Å². The molecule has 0 radical (unpaired) electrons. The SMILES string of the molecule is Fc1ccc(-c2ccc3c(c2)CCN3)c(F)c1. The highest BCUT2D eigenvalue weighted by atomic mass is 19.1. The van der Waals surface area contributed by atoms with E-state index in [1.54, 1.807) is 0 Å². The number of benzene rings is 2. The Morgan fingerprint density at radius 2 is 1.88 bits per heavy atom. The topological polar surface area (TPSA) is 12.0 Å². The molecule has 1 aliphatic rings. The predicted octanol–water partition coefficient (Wildman–Crippen LogP) is 3.60. The number of fused-ring (bicyclic) bond motifs is 1. The van der Waals surface area contributed by atoms with E-state index >= 15 is 0 Å². The lowest BCUT2D eigenvalue weighted by atomic mass is 10.0. The van der Waals surface area contributed by atoms with Crippen molar-refractivity contribution in [1.29, 1.82) is 0 Å². The van der Waals surface area contributed by atoms with Crippen molar-refractivity contribution in [2.75, 3.05) is 11.9 Å². The Morgan fingerprint density at radius 1 is 1.00 bits per heavy atom. The monoisotopic (exact) mass is 231 g/mol. The zero-order chi connectivity index (χ0) is 11.8. The van der Waals surface area contributed by atoms with E-state index in [-0.39, 0.29) is 0 Å². The lowest BCUT2D eigenvalue weighted by Gasteiger charge is -2.06. The highest BCUT2D eigenvalue weighted by Crippen LogP contribution is 2.30. The molecule has 2 aromatic carbocycles. The summed E-state index contributed by atoms with van der Waals surface area (Å²) in [7, 11) is 0. The molecule has 86 valence electrons. The Bertz CT molecular complexity index is 578. The lowest BCUT2D eigenvalue weighted by Crippen LogP contribution is -1.90. The van der Waals surface area contributed by atoms with Crippen molar-refractivity contribution >= 4 is 5.69 Å². The van der Waals surface area contributed by atoms with E-state index in [1.165, 1.54) is 17.7 Å². The molecule has 0 saturated carbocycles. The minimum atomic E-state index is -0.547. The molecule has 0 bridgehead atoms. The highest BCUT2D eigenvalue weighted by molar-refractivity contribution is 5.70. The van der Waals surface area contributed by atoms with E-state index in [1.807, 2.05) is 18.2 Å². The Labute approximate surface area is 98.1 Å². The van der Waals surface area contributed by atoms with Gasteiger partial charge in [-0.1, -0.05) is 6.07 Å². The molecule has 0 aromatic heterocycles. The van der Waals surface area contributed by atoms with Gasteiger partial charge >= 0.3 is 0 Å². The summed E-state index contributed by atoms with van der Waals surface area (Å²) < 4.78 is 26.5. The normalized spacial score (nSPS) is 13.3. The third-order valence-electron chi connectivity index (χ3n) is 3.06. The molecule has 0 fully saturated rings. The summed E-state index contributed by atoms with van der Waals surface area (Å²) in [5.41, 5.74) is 3.54. The standard InChI is InChI=1S/C14H11F2N/c15-11-2-3-12(13(16)8-11)9-1-4-14-10(7-9)5-6-17-14/h1-4,7-8,17H,5-6H2. The first kappa shape index (κ1) is 10.3. The van der Waals surface area contributed by atoms with Crippen LogP contribution in [-0.2, 0) is 6.42 Å². The maximum Gasteiger partial charge on any atom is 0.133 e. The molecule has 1 N–H and O–H groups in total. The Kier molecular flexibility index (Phi) is 2.32. The maximum absolute atomic E-state index is 13.6. The average Bonchev–Trinajstić information content (AvgIpc) is 2.75. The number of hydrogen-bond donors (Lipinski definition) is 1. The molecule has 1 heterocycles. The van der Waals surface area contributed by atoms with Crippen molar-refractivity contribution in [3.05, 3.63) is 53.6 Å². The van der Waals surface area contributed by atoms with Gasteiger partial charge in [0.1, 0.15) is 11.6 Å². The van der Waals surface area contributed by atoms with Crippen molar-refractivity contribution in [1.82, 2.24) is 0 Å². The minimum absolute atomic E-state index is 0.445. The van der Waals surface area contributed by atoms with Crippen LogP contribution in [0.25, 0.3) is 11.1 Å². The summed E-state index contributed by atoms with van der Waals surface area (Å²) in [4.78, 5) is 0. The molecule has 3 rings (SSSR count). The number of rotatable bonds is 1. The second kappa shape index (κ2) is 3.84. The van der Waals surface area contributed by atoms with Gasteiger partial charge in [0.2, 0.25) is 0 Å². The third-order valence-corrected chi connectivity index (χ3v) is 3.06. The van der Waals surface area contributed by atoms with Gasteiger partial charge in [-0.05, 0) is 41.8 Å². The van der Waals surface area contributed by atoms with Crippen molar-refractivity contribution < 1.29 is 8.78 Å². The second-order valence-corrected chi connectivity index (χ2v) is 4.17. The zero-order valence-corrected chi connectivity index (χ0v) is 9.13. The largest absolute Gasteiger partial charge is 0.384 e. The average molecular weight is 231 g/mol. The molecule has 2 aromatic rings. The third kappa shape index (κ3) is 1.78. The minimum Gasteiger partial charge on any atom is -0.384 e. The van der Waals surface area contributed by atoms with Gasteiger partial charge in [-0.2, -0.15) is 0 Å². The van der Waals surface area contributed by atoms with Crippen molar-refractivity contribution in [3.8, 4) is 11.1 Å². The van der Waals surface area contributed by atoms with Crippen molar-refractivity contribution in [3.63, 3.8) is 0 Å². The summed E-state index contributed by atoms with van der Waals surface area (Å²) in [6.45, 7) is 0.921. The maximum atomic E-state index is 13.6. The molecule has 3 heteroatoms. The van der Waals surface area contributed by atoms with Crippen molar-refractivity contribution in [2.24, 2.45) is 0 Å². The molecular weight excluding hydrogens is 220 g/mol. The van der Waals surface area contributed by atoms with E-state index < -0.39 is 11.6 Å². The lowest BCUT2D eigenvalue weighted by molar-refractivity contribution is 0.585. The molecule has 0 amide bonds. The Balaban J connectivity index is 2.09. The van der Waals surface area contributed by atoms with E-state index in [0.29, 0.717) is 5.56 Å². The van der Waals surface area contributed by atoms with Crippen LogP contribution in [0.4, 0.5) is 14.5 Å². The first-order valence-corrected chi connectivity index (χ1v) is 5.56. The molecule has 17 heavy (non-hydrogen) atoms. The molecule has 1 aliphatic heterocycles. The van der Waals surface area contributed by atoms with Crippen LogP contribution in [0.15, 0.2) is 36.4 Å². The zero-order valence-electron chi connectivity index (χ0n) is 9.13. The fourth-order valence-electron chi connectivity index (χ4n) is 2.20. The first-order chi connectivity index (χ1) is 8.24. The van der Waals surface area contributed by atoms with Crippen LogP contribution in [0.1, 0.15) is 5.56 Å². The van der Waals surface area contributed by atoms with Crippen LogP contribution in [0, 0.1) is 11.6 Å². The van der Waals surface area contributed by atoms with Gasteiger partial charge in [0, 0.05) is 23.9 Å². The molecule has 0 saturated heterocycles.